The molecule has 0 aliphatic heterocycles. The van der Waals surface area contributed by atoms with Gasteiger partial charge in [-0.2, -0.15) is 0 Å². The summed E-state index contributed by atoms with van der Waals surface area (Å²) in [5.41, 5.74) is 9.58. The zero-order valence-corrected chi connectivity index (χ0v) is 29.9. The first kappa shape index (κ1) is 31.2. The summed E-state index contributed by atoms with van der Waals surface area (Å²) in [4.78, 5) is 14.2. The van der Waals surface area contributed by atoms with Crippen molar-refractivity contribution < 1.29 is 0 Å². The lowest BCUT2D eigenvalue weighted by atomic mass is 9.94. The number of aromatic amines is 1. The maximum Gasteiger partial charge on any atom is 0.161 e. The van der Waals surface area contributed by atoms with Crippen molar-refractivity contribution in [2.45, 2.75) is 0 Å². The SMILES string of the molecule is c1ccc2c(-c3ccc(-c4ccc(-c5cc(-c6cc7ccccc7c7ccccc67)nc(-c6cc7ccccc7c7ccccc67)n5)cc4)cc3)[nH]cc2c1. The van der Waals surface area contributed by atoms with E-state index in [0.29, 0.717) is 5.82 Å². The summed E-state index contributed by atoms with van der Waals surface area (Å²) in [6, 6.07) is 67.2. The van der Waals surface area contributed by atoms with Gasteiger partial charge in [-0.05, 0) is 83.4 Å². The summed E-state index contributed by atoms with van der Waals surface area (Å²) in [7, 11) is 0. The molecule has 256 valence electrons. The Hall–Kier alpha value is -7.36. The molecule has 2 aromatic heterocycles. The lowest BCUT2D eigenvalue weighted by Gasteiger charge is -2.15. The van der Waals surface area contributed by atoms with Crippen LogP contribution in [0.1, 0.15) is 0 Å². The van der Waals surface area contributed by atoms with Crippen LogP contribution in [-0.4, -0.2) is 15.0 Å². The van der Waals surface area contributed by atoms with Crippen molar-refractivity contribution in [2.75, 3.05) is 0 Å². The van der Waals surface area contributed by atoms with Crippen molar-refractivity contribution in [1.29, 1.82) is 0 Å². The zero-order chi connectivity index (χ0) is 36.3. The van der Waals surface area contributed by atoms with Gasteiger partial charge in [0.25, 0.3) is 0 Å². The molecule has 0 aliphatic rings. The smallest absolute Gasteiger partial charge is 0.161 e. The van der Waals surface area contributed by atoms with Crippen LogP contribution in [0.2, 0.25) is 0 Å². The van der Waals surface area contributed by atoms with Gasteiger partial charge in [0, 0.05) is 28.3 Å². The van der Waals surface area contributed by atoms with E-state index in [-0.39, 0.29) is 0 Å². The van der Waals surface area contributed by atoms with Gasteiger partial charge in [-0.1, -0.05) is 170 Å². The number of fused-ring (bicyclic) bond motifs is 7. The summed E-state index contributed by atoms with van der Waals surface area (Å²) in [5, 5.41) is 12.0. The molecule has 9 aromatic carbocycles. The number of hydrogen-bond acceptors (Lipinski definition) is 2. The molecule has 0 fully saturated rings. The van der Waals surface area contributed by atoms with Gasteiger partial charge in [0.1, 0.15) is 0 Å². The van der Waals surface area contributed by atoms with Crippen LogP contribution >= 0.6 is 0 Å². The number of hydrogen-bond donors (Lipinski definition) is 1. The molecule has 0 amide bonds. The number of benzene rings is 9. The fourth-order valence-electron chi connectivity index (χ4n) is 8.34. The van der Waals surface area contributed by atoms with E-state index in [1.807, 2.05) is 0 Å². The second-order valence-electron chi connectivity index (χ2n) is 14.2. The van der Waals surface area contributed by atoms with Gasteiger partial charge >= 0.3 is 0 Å². The van der Waals surface area contributed by atoms with E-state index in [1.165, 1.54) is 59.6 Å². The maximum absolute atomic E-state index is 5.41. The van der Waals surface area contributed by atoms with Crippen LogP contribution in [0.4, 0.5) is 0 Å². The van der Waals surface area contributed by atoms with Crippen LogP contribution < -0.4 is 0 Å². The summed E-state index contributed by atoms with van der Waals surface area (Å²) >= 11 is 0. The highest BCUT2D eigenvalue weighted by atomic mass is 14.9. The van der Waals surface area contributed by atoms with Gasteiger partial charge in [-0.3, -0.25) is 0 Å². The number of nitrogens with one attached hydrogen (secondary N) is 1. The Morgan fingerprint density at radius 1 is 0.309 bits per heavy atom. The van der Waals surface area contributed by atoms with Gasteiger partial charge in [-0.15, -0.1) is 0 Å². The molecular formula is C52H33N3. The molecule has 55 heavy (non-hydrogen) atoms. The molecule has 3 heteroatoms. The first-order valence-corrected chi connectivity index (χ1v) is 18.7. The fraction of sp³-hybridized carbons (Fsp3) is 0. The normalized spacial score (nSPS) is 11.6. The number of rotatable bonds is 5. The van der Waals surface area contributed by atoms with Crippen LogP contribution in [0.15, 0.2) is 194 Å². The minimum absolute atomic E-state index is 0.711. The van der Waals surface area contributed by atoms with Crippen molar-refractivity contribution in [3.63, 3.8) is 0 Å². The van der Waals surface area contributed by atoms with Crippen molar-refractivity contribution in [3.8, 4) is 56.3 Å². The molecule has 0 aliphatic carbocycles. The van der Waals surface area contributed by atoms with Crippen molar-refractivity contribution in [3.05, 3.63) is 194 Å². The van der Waals surface area contributed by atoms with Crippen LogP contribution in [0.5, 0.6) is 0 Å². The molecule has 0 unspecified atom stereocenters. The van der Waals surface area contributed by atoms with Crippen LogP contribution in [-0.2, 0) is 0 Å². The molecule has 11 rings (SSSR count). The number of H-pyrrole nitrogens is 1. The largest absolute Gasteiger partial charge is 0.360 e. The third-order valence-corrected chi connectivity index (χ3v) is 11.1. The van der Waals surface area contributed by atoms with Crippen LogP contribution in [0.3, 0.4) is 0 Å². The standard InChI is InChI=1S/C52H33N3/c1-4-14-40-37(11-1)29-47(45-19-9-7-17-43(40)45)50-31-49(54-52(55-50)48-30-38-12-2-5-15-41(38)44-18-8-10-20-46(44)48)35-25-21-33(22-26-35)34-23-27-36(28-24-34)51-42-16-6-3-13-39(42)32-53-51/h1-32,53H. The number of aromatic nitrogens is 3. The summed E-state index contributed by atoms with van der Waals surface area (Å²) in [6.45, 7) is 0. The Bertz CT molecular complexity index is 3110. The monoisotopic (exact) mass is 699 g/mol. The highest BCUT2D eigenvalue weighted by molar-refractivity contribution is 6.15. The topological polar surface area (TPSA) is 41.6 Å². The second-order valence-corrected chi connectivity index (χ2v) is 14.2. The van der Waals surface area contributed by atoms with Crippen molar-refractivity contribution in [1.82, 2.24) is 15.0 Å². The third-order valence-electron chi connectivity index (χ3n) is 11.1. The second kappa shape index (κ2) is 12.6. The highest BCUT2D eigenvalue weighted by Gasteiger charge is 2.17. The van der Waals surface area contributed by atoms with E-state index in [2.05, 4.69) is 199 Å². The predicted octanol–water partition coefficient (Wildman–Crippen LogP) is 13.9. The van der Waals surface area contributed by atoms with Gasteiger partial charge in [0.2, 0.25) is 0 Å². The molecule has 0 saturated heterocycles. The van der Waals surface area contributed by atoms with E-state index in [1.54, 1.807) is 0 Å². The minimum atomic E-state index is 0.711. The van der Waals surface area contributed by atoms with Crippen molar-refractivity contribution in [2.24, 2.45) is 0 Å². The lowest BCUT2D eigenvalue weighted by Crippen LogP contribution is -1.98. The van der Waals surface area contributed by atoms with Crippen LogP contribution in [0.25, 0.3) is 110 Å². The fourth-order valence-corrected chi connectivity index (χ4v) is 8.34. The van der Waals surface area contributed by atoms with E-state index in [9.17, 15) is 0 Å². The lowest BCUT2D eigenvalue weighted by molar-refractivity contribution is 1.19. The van der Waals surface area contributed by atoms with Gasteiger partial charge in [0.05, 0.1) is 17.1 Å². The van der Waals surface area contributed by atoms with Gasteiger partial charge in [0.15, 0.2) is 5.82 Å². The summed E-state index contributed by atoms with van der Waals surface area (Å²) in [5.74, 6) is 0.711. The van der Waals surface area contributed by atoms with Gasteiger partial charge in [-0.25, -0.2) is 9.97 Å². The first-order valence-electron chi connectivity index (χ1n) is 18.7. The molecule has 0 atom stereocenters. The average molecular weight is 700 g/mol. The predicted molar refractivity (Wildman–Crippen MR) is 231 cm³/mol. The Kier molecular flexibility index (Phi) is 7.17. The van der Waals surface area contributed by atoms with E-state index in [0.717, 1.165) is 44.7 Å². The zero-order valence-electron chi connectivity index (χ0n) is 29.9. The molecule has 0 spiro atoms. The Labute approximate surface area is 318 Å². The summed E-state index contributed by atoms with van der Waals surface area (Å²) < 4.78 is 0. The highest BCUT2D eigenvalue weighted by Crippen LogP contribution is 2.39. The van der Waals surface area contributed by atoms with Gasteiger partial charge < -0.3 is 4.98 Å². The Morgan fingerprint density at radius 2 is 0.745 bits per heavy atom. The Morgan fingerprint density at radius 3 is 1.36 bits per heavy atom. The van der Waals surface area contributed by atoms with E-state index in [4.69, 9.17) is 9.97 Å². The number of nitrogens with zero attached hydrogens (tertiary/aromatic N) is 2. The Balaban J connectivity index is 1.07. The van der Waals surface area contributed by atoms with E-state index >= 15 is 0 Å². The molecular weight excluding hydrogens is 667 g/mol. The molecule has 3 nitrogen and oxygen atoms in total. The molecule has 0 bridgehead atoms. The molecule has 1 N–H and O–H groups in total. The van der Waals surface area contributed by atoms with Crippen molar-refractivity contribution >= 4 is 53.9 Å². The molecule has 2 heterocycles. The quantitative estimate of drug-likeness (QED) is 0.182. The maximum atomic E-state index is 5.41. The molecule has 0 saturated carbocycles. The van der Waals surface area contributed by atoms with Crippen LogP contribution in [0, 0.1) is 0 Å². The average Bonchev–Trinajstić information content (AvgIpc) is 3.70. The van der Waals surface area contributed by atoms with E-state index < -0.39 is 0 Å². The molecule has 0 radical (unpaired) electrons. The first-order chi connectivity index (χ1) is 27.2. The minimum Gasteiger partial charge on any atom is -0.360 e. The summed E-state index contributed by atoms with van der Waals surface area (Å²) in [6.07, 6.45) is 2.08. The molecule has 11 aromatic rings. The third kappa shape index (κ3) is 5.28.